The topological polar surface area (TPSA) is 70.8 Å². The van der Waals surface area contributed by atoms with E-state index in [9.17, 15) is 13.2 Å². The Morgan fingerprint density at radius 1 is 1.03 bits per heavy atom. The molecular weight excluding hydrogens is 412 g/mol. The van der Waals surface area contributed by atoms with Crippen molar-refractivity contribution >= 4 is 15.7 Å². The van der Waals surface area contributed by atoms with Crippen molar-refractivity contribution in [3.05, 3.63) is 23.7 Å². The van der Waals surface area contributed by atoms with E-state index < -0.39 is 9.84 Å². The molecule has 3 unspecified atom stereocenters. The molecule has 0 radical (unpaired) electrons. The number of carbonyl (C=O) groups excluding carboxylic acids is 1. The van der Waals surface area contributed by atoms with E-state index in [1.54, 1.807) is 0 Å². The number of hydrogen-bond donors (Lipinski definition) is 0. The summed E-state index contributed by atoms with van der Waals surface area (Å²) in [5.41, 5.74) is 0. The first kappa shape index (κ1) is 21.5. The third-order valence-corrected chi connectivity index (χ3v) is 9.53. The van der Waals surface area contributed by atoms with Crippen LogP contribution in [0.1, 0.15) is 82.1 Å². The van der Waals surface area contributed by atoms with Gasteiger partial charge in [0.1, 0.15) is 11.5 Å². The number of carbonyl (C=O) groups is 1. The Kier molecular flexibility index (Phi) is 5.93. The zero-order chi connectivity index (χ0) is 21.6. The van der Waals surface area contributed by atoms with E-state index in [1.165, 1.54) is 12.8 Å². The number of nitrogens with zero attached hydrogens (tertiary/aromatic N) is 2. The molecule has 2 heterocycles. The van der Waals surface area contributed by atoms with Crippen LogP contribution in [0.3, 0.4) is 0 Å². The molecule has 31 heavy (non-hydrogen) atoms. The number of furan rings is 1. The smallest absolute Gasteiger partial charge is 0.237 e. The van der Waals surface area contributed by atoms with Gasteiger partial charge in [0.05, 0.1) is 24.6 Å². The number of hydrogen-bond acceptors (Lipinski definition) is 5. The summed E-state index contributed by atoms with van der Waals surface area (Å²) in [7, 11) is -3.02. The summed E-state index contributed by atoms with van der Waals surface area (Å²) in [6.45, 7) is 3.29. The van der Waals surface area contributed by atoms with E-state index in [-0.39, 0.29) is 29.5 Å². The van der Waals surface area contributed by atoms with Crippen molar-refractivity contribution in [3.8, 4) is 0 Å². The van der Waals surface area contributed by atoms with E-state index in [4.69, 9.17) is 4.42 Å². The normalized spacial score (nSPS) is 30.6. The van der Waals surface area contributed by atoms with E-state index in [2.05, 4.69) is 24.0 Å². The van der Waals surface area contributed by atoms with Gasteiger partial charge in [-0.15, -0.1) is 0 Å². The number of amides is 1. The molecule has 5 rings (SSSR count). The minimum absolute atomic E-state index is 0.114. The second kappa shape index (κ2) is 8.54. The maximum absolute atomic E-state index is 13.6. The van der Waals surface area contributed by atoms with Crippen molar-refractivity contribution in [1.29, 1.82) is 0 Å². The molecule has 7 heteroatoms. The molecule has 0 spiro atoms. The van der Waals surface area contributed by atoms with Crippen LogP contribution in [-0.2, 0) is 21.2 Å². The molecule has 1 amide bonds. The maximum Gasteiger partial charge on any atom is 0.237 e. The van der Waals surface area contributed by atoms with Gasteiger partial charge in [-0.1, -0.05) is 26.2 Å². The Labute approximate surface area is 186 Å². The Balaban J connectivity index is 1.28. The molecule has 0 N–H and O–H groups in total. The lowest BCUT2D eigenvalue weighted by atomic mass is 9.92. The zero-order valence-corrected chi connectivity index (χ0v) is 19.5. The molecular formula is C24H36N2O4S. The lowest BCUT2D eigenvalue weighted by Gasteiger charge is -2.39. The molecule has 0 aromatic carbocycles. The predicted molar refractivity (Wildman–Crippen MR) is 119 cm³/mol. The van der Waals surface area contributed by atoms with Crippen molar-refractivity contribution in [2.24, 2.45) is 5.92 Å². The van der Waals surface area contributed by atoms with Gasteiger partial charge in [-0.3, -0.25) is 9.69 Å². The largest absolute Gasteiger partial charge is 0.464 e. The van der Waals surface area contributed by atoms with Gasteiger partial charge in [-0.05, 0) is 56.6 Å². The van der Waals surface area contributed by atoms with Gasteiger partial charge < -0.3 is 9.32 Å². The first-order valence-corrected chi connectivity index (χ1v) is 14.1. The molecule has 4 fully saturated rings. The summed E-state index contributed by atoms with van der Waals surface area (Å²) in [5, 5.41) is 0. The van der Waals surface area contributed by atoms with Gasteiger partial charge in [0.15, 0.2) is 9.84 Å². The molecule has 3 saturated carbocycles. The fraction of sp³-hybridized carbons (Fsp3) is 0.792. The van der Waals surface area contributed by atoms with Crippen molar-refractivity contribution in [2.45, 2.75) is 95.3 Å². The molecule has 4 aliphatic rings. The summed E-state index contributed by atoms with van der Waals surface area (Å²) in [5.74, 6) is 3.78. The van der Waals surface area contributed by atoms with Crippen LogP contribution in [0.2, 0.25) is 0 Å². The molecule has 6 nitrogen and oxygen atoms in total. The Bertz CT molecular complexity index is 900. The summed E-state index contributed by atoms with van der Waals surface area (Å²) >= 11 is 0. The van der Waals surface area contributed by atoms with Gasteiger partial charge in [-0.2, -0.15) is 0 Å². The minimum atomic E-state index is -3.02. The van der Waals surface area contributed by atoms with Crippen LogP contribution in [0, 0.1) is 5.92 Å². The third-order valence-electron chi connectivity index (χ3n) is 7.78. The SMILES string of the molecule is CC1CC1c1ccc(CN(CC(=O)N(C2CCCCC2)C2CCS(=O)(=O)C2)C2CC2)o1. The fourth-order valence-electron chi connectivity index (χ4n) is 5.67. The first-order valence-electron chi connectivity index (χ1n) is 12.2. The lowest BCUT2D eigenvalue weighted by molar-refractivity contribution is -0.138. The van der Waals surface area contributed by atoms with Crippen molar-refractivity contribution in [1.82, 2.24) is 9.80 Å². The van der Waals surface area contributed by atoms with Crippen LogP contribution in [0.4, 0.5) is 0 Å². The molecule has 0 bridgehead atoms. The molecule has 172 valence electrons. The first-order chi connectivity index (χ1) is 14.9. The van der Waals surface area contributed by atoms with Gasteiger partial charge >= 0.3 is 0 Å². The maximum atomic E-state index is 13.6. The quantitative estimate of drug-likeness (QED) is 0.606. The second-order valence-corrected chi connectivity index (χ2v) is 12.6. The second-order valence-electron chi connectivity index (χ2n) is 10.4. The minimum Gasteiger partial charge on any atom is -0.464 e. The highest BCUT2D eigenvalue weighted by atomic mass is 32.2. The average molecular weight is 449 g/mol. The molecule has 3 aliphatic carbocycles. The standard InChI is InChI=1S/C24H36N2O4S/c1-17-13-22(17)23-10-9-21(30-23)14-25(18-7-8-18)15-24(27)26(19-5-3-2-4-6-19)20-11-12-31(28,29)16-20/h9-10,17-20,22H,2-8,11-16H2,1H3. The fourth-order valence-corrected chi connectivity index (χ4v) is 7.38. The van der Waals surface area contributed by atoms with E-state index >= 15 is 0 Å². The van der Waals surface area contributed by atoms with Crippen LogP contribution < -0.4 is 0 Å². The summed E-state index contributed by atoms with van der Waals surface area (Å²) in [6, 6.07) is 4.68. The van der Waals surface area contributed by atoms with Gasteiger partial charge in [0.25, 0.3) is 0 Å². The van der Waals surface area contributed by atoms with E-state index in [0.29, 0.717) is 37.4 Å². The van der Waals surface area contributed by atoms with Crippen LogP contribution in [0.25, 0.3) is 0 Å². The van der Waals surface area contributed by atoms with E-state index in [0.717, 1.165) is 50.0 Å². The van der Waals surface area contributed by atoms with Crippen molar-refractivity contribution in [3.63, 3.8) is 0 Å². The highest BCUT2D eigenvalue weighted by Gasteiger charge is 2.41. The van der Waals surface area contributed by atoms with Crippen LogP contribution in [0.15, 0.2) is 16.5 Å². The highest BCUT2D eigenvalue weighted by molar-refractivity contribution is 7.91. The number of rotatable bonds is 8. The lowest BCUT2D eigenvalue weighted by Crippen LogP contribution is -2.52. The zero-order valence-electron chi connectivity index (χ0n) is 18.7. The van der Waals surface area contributed by atoms with E-state index in [1.807, 2.05) is 4.90 Å². The van der Waals surface area contributed by atoms with Crippen LogP contribution in [-0.4, -0.2) is 60.3 Å². The van der Waals surface area contributed by atoms with Crippen LogP contribution in [0.5, 0.6) is 0 Å². The summed E-state index contributed by atoms with van der Waals surface area (Å²) in [4.78, 5) is 17.9. The molecule has 1 aliphatic heterocycles. The van der Waals surface area contributed by atoms with Crippen molar-refractivity contribution < 1.29 is 17.6 Å². The predicted octanol–water partition coefficient (Wildman–Crippen LogP) is 3.72. The van der Waals surface area contributed by atoms with Gasteiger partial charge in [0.2, 0.25) is 5.91 Å². The number of sulfone groups is 1. The molecule has 1 aromatic rings. The van der Waals surface area contributed by atoms with Gasteiger partial charge in [-0.25, -0.2) is 8.42 Å². The molecule has 3 atom stereocenters. The monoisotopic (exact) mass is 448 g/mol. The van der Waals surface area contributed by atoms with Gasteiger partial charge in [0, 0.05) is 24.0 Å². The molecule has 1 aromatic heterocycles. The molecule has 1 saturated heterocycles. The average Bonchev–Trinajstić information content (AvgIpc) is 3.63. The van der Waals surface area contributed by atoms with Crippen LogP contribution >= 0.6 is 0 Å². The third kappa shape index (κ3) is 5.03. The van der Waals surface area contributed by atoms with Crippen molar-refractivity contribution in [2.75, 3.05) is 18.1 Å². The summed E-state index contributed by atoms with van der Waals surface area (Å²) in [6.07, 6.45) is 9.55. The summed E-state index contributed by atoms with van der Waals surface area (Å²) < 4.78 is 30.4. The Morgan fingerprint density at radius 2 is 1.77 bits per heavy atom. The Hall–Kier alpha value is -1.34. The highest BCUT2D eigenvalue weighted by Crippen LogP contribution is 2.47. The Morgan fingerprint density at radius 3 is 2.39 bits per heavy atom.